The van der Waals surface area contributed by atoms with Crippen molar-refractivity contribution in [2.75, 3.05) is 5.32 Å². The maximum absolute atomic E-state index is 12.7. The second-order valence-corrected chi connectivity index (χ2v) is 7.13. The topological polar surface area (TPSA) is 77.1 Å². The number of pyridine rings is 1. The molecule has 1 aliphatic carbocycles. The normalized spacial score (nSPS) is 23.2. The number of hydrogen-bond acceptors (Lipinski definition) is 3. The van der Waals surface area contributed by atoms with Gasteiger partial charge in [0, 0.05) is 11.7 Å². The summed E-state index contributed by atoms with van der Waals surface area (Å²) >= 11 is 0. The number of carbonyl (C=O) groups is 1. The maximum atomic E-state index is 12.7. The first-order valence-corrected chi connectivity index (χ1v) is 8.80. The van der Waals surface area contributed by atoms with Crippen molar-refractivity contribution in [2.45, 2.75) is 44.7 Å². The average Bonchev–Trinajstić information content (AvgIpc) is 2.59. The summed E-state index contributed by atoms with van der Waals surface area (Å²) in [6.07, 6.45) is 5.38. The van der Waals surface area contributed by atoms with Gasteiger partial charge < -0.3 is 15.6 Å². The molecule has 1 heterocycles. The van der Waals surface area contributed by atoms with Gasteiger partial charge in [0.15, 0.2) is 0 Å². The summed E-state index contributed by atoms with van der Waals surface area (Å²) < 4.78 is 1.60. The zero-order chi connectivity index (χ0) is 17.9. The van der Waals surface area contributed by atoms with Crippen LogP contribution >= 0.6 is 0 Å². The third-order valence-electron chi connectivity index (χ3n) is 5.04. The number of nitrogens with one attached hydrogen (secondary N) is 1. The highest BCUT2D eigenvalue weighted by atomic mass is 16.2. The summed E-state index contributed by atoms with van der Waals surface area (Å²) in [4.78, 5) is 25.3. The highest BCUT2D eigenvalue weighted by Crippen LogP contribution is 2.32. The Morgan fingerprint density at radius 1 is 1.24 bits per heavy atom. The minimum atomic E-state index is -0.514. The number of carbonyl (C=O) groups excluding carboxylic acids is 1. The number of hydrogen-bond donors (Lipinski definition) is 2. The molecule has 2 atom stereocenters. The fourth-order valence-corrected chi connectivity index (χ4v) is 3.55. The van der Waals surface area contributed by atoms with E-state index in [2.05, 4.69) is 5.32 Å². The van der Waals surface area contributed by atoms with Gasteiger partial charge in [-0.25, -0.2) is 0 Å². The molecule has 1 aromatic heterocycles. The minimum absolute atomic E-state index is 0.153. The van der Waals surface area contributed by atoms with Gasteiger partial charge in [0.2, 0.25) is 5.91 Å². The minimum Gasteiger partial charge on any atom is -0.325 e. The van der Waals surface area contributed by atoms with E-state index in [1.54, 1.807) is 22.9 Å². The van der Waals surface area contributed by atoms with Gasteiger partial charge in [0.1, 0.15) is 5.69 Å². The van der Waals surface area contributed by atoms with Crippen LogP contribution in [0, 0.1) is 5.92 Å². The number of rotatable bonds is 4. The predicted octanol–water partition coefficient (Wildman–Crippen LogP) is 2.74. The Bertz CT molecular complexity index is 796. The molecule has 5 heteroatoms. The summed E-state index contributed by atoms with van der Waals surface area (Å²) in [5.41, 5.74) is 6.94. The van der Waals surface area contributed by atoms with Gasteiger partial charge >= 0.3 is 0 Å². The van der Waals surface area contributed by atoms with Gasteiger partial charge in [-0.15, -0.1) is 0 Å². The molecule has 5 nitrogen and oxygen atoms in total. The van der Waals surface area contributed by atoms with Crippen molar-refractivity contribution in [3.8, 4) is 0 Å². The van der Waals surface area contributed by atoms with Crippen molar-refractivity contribution < 1.29 is 4.79 Å². The first-order valence-electron chi connectivity index (χ1n) is 8.80. The molecule has 132 valence electrons. The smallest absolute Gasteiger partial charge is 0.274 e. The Labute approximate surface area is 147 Å². The van der Waals surface area contributed by atoms with Crippen LogP contribution in [-0.2, 0) is 11.3 Å². The highest BCUT2D eigenvalue weighted by Gasteiger charge is 2.37. The van der Waals surface area contributed by atoms with Gasteiger partial charge in [-0.3, -0.25) is 9.59 Å². The zero-order valence-corrected chi connectivity index (χ0v) is 14.6. The second kappa shape index (κ2) is 7.23. The van der Waals surface area contributed by atoms with Crippen LogP contribution in [0.25, 0.3) is 0 Å². The van der Waals surface area contributed by atoms with E-state index in [0.29, 0.717) is 12.2 Å². The van der Waals surface area contributed by atoms with Gasteiger partial charge in [0.25, 0.3) is 5.56 Å². The van der Waals surface area contributed by atoms with E-state index in [4.69, 9.17) is 5.73 Å². The molecule has 1 saturated carbocycles. The number of amides is 1. The molecular weight excluding hydrogens is 314 g/mol. The van der Waals surface area contributed by atoms with E-state index in [1.165, 1.54) is 0 Å². The molecule has 3 N–H and O–H groups in total. The lowest BCUT2D eigenvalue weighted by Crippen LogP contribution is -2.51. The number of nitrogens with zero attached hydrogens (tertiary/aromatic N) is 1. The SMILES string of the molecule is CC1(N)CCCCC1C(=O)Nc1cccn(Cc2ccccc2)c1=O. The van der Waals surface area contributed by atoms with E-state index in [-0.39, 0.29) is 17.4 Å². The van der Waals surface area contributed by atoms with Crippen LogP contribution in [-0.4, -0.2) is 16.0 Å². The van der Waals surface area contributed by atoms with Crippen molar-refractivity contribution in [1.29, 1.82) is 0 Å². The molecule has 1 aromatic carbocycles. The van der Waals surface area contributed by atoms with Crippen molar-refractivity contribution in [3.05, 3.63) is 64.6 Å². The number of aromatic nitrogens is 1. The number of anilines is 1. The number of benzene rings is 1. The van der Waals surface area contributed by atoms with Crippen LogP contribution < -0.4 is 16.6 Å². The molecule has 1 aliphatic rings. The van der Waals surface area contributed by atoms with E-state index >= 15 is 0 Å². The number of nitrogens with two attached hydrogens (primary N) is 1. The molecule has 0 radical (unpaired) electrons. The molecule has 2 unspecified atom stereocenters. The molecule has 3 rings (SSSR count). The van der Waals surface area contributed by atoms with Gasteiger partial charge in [-0.05, 0) is 37.5 Å². The Balaban J connectivity index is 1.78. The lowest BCUT2D eigenvalue weighted by atomic mass is 9.74. The van der Waals surface area contributed by atoms with Crippen molar-refractivity contribution >= 4 is 11.6 Å². The van der Waals surface area contributed by atoms with Gasteiger partial charge in [0.05, 0.1) is 12.5 Å². The Morgan fingerprint density at radius 3 is 2.72 bits per heavy atom. The average molecular weight is 339 g/mol. The Hall–Kier alpha value is -2.40. The van der Waals surface area contributed by atoms with Crippen LogP contribution in [0.3, 0.4) is 0 Å². The van der Waals surface area contributed by atoms with Gasteiger partial charge in [-0.1, -0.05) is 43.2 Å². The van der Waals surface area contributed by atoms with E-state index in [0.717, 1.165) is 31.2 Å². The van der Waals surface area contributed by atoms with Crippen molar-refractivity contribution in [2.24, 2.45) is 11.7 Å². The molecule has 25 heavy (non-hydrogen) atoms. The van der Waals surface area contributed by atoms with Crippen LogP contribution in [0.5, 0.6) is 0 Å². The summed E-state index contributed by atoms with van der Waals surface area (Å²) in [5, 5.41) is 2.81. The lowest BCUT2D eigenvalue weighted by molar-refractivity contribution is -0.122. The third-order valence-corrected chi connectivity index (χ3v) is 5.04. The van der Waals surface area contributed by atoms with Crippen LogP contribution in [0.15, 0.2) is 53.5 Å². The first-order chi connectivity index (χ1) is 12.0. The molecule has 1 fully saturated rings. The molecule has 0 bridgehead atoms. The molecular formula is C20H25N3O2. The van der Waals surface area contributed by atoms with Crippen LogP contribution in [0.2, 0.25) is 0 Å². The van der Waals surface area contributed by atoms with Crippen LogP contribution in [0.1, 0.15) is 38.2 Å². The first kappa shape index (κ1) is 17.4. The Kier molecular flexibility index (Phi) is 5.04. The largest absolute Gasteiger partial charge is 0.325 e. The van der Waals surface area contributed by atoms with Crippen molar-refractivity contribution in [3.63, 3.8) is 0 Å². The van der Waals surface area contributed by atoms with Gasteiger partial charge in [-0.2, -0.15) is 0 Å². The summed E-state index contributed by atoms with van der Waals surface area (Å²) in [6, 6.07) is 13.2. The predicted molar refractivity (Wildman–Crippen MR) is 99.4 cm³/mol. The molecule has 0 spiro atoms. The van der Waals surface area contributed by atoms with E-state index < -0.39 is 5.54 Å². The molecule has 1 amide bonds. The fraction of sp³-hybridized carbons (Fsp3) is 0.400. The van der Waals surface area contributed by atoms with Crippen LogP contribution in [0.4, 0.5) is 5.69 Å². The summed E-state index contributed by atoms with van der Waals surface area (Å²) in [6.45, 7) is 2.40. The lowest BCUT2D eigenvalue weighted by Gasteiger charge is -2.37. The third kappa shape index (κ3) is 3.99. The quantitative estimate of drug-likeness (QED) is 0.899. The highest BCUT2D eigenvalue weighted by molar-refractivity contribution is 5.93. The zero-order valence-electron chi connectivity index (χ0n) is 14.6. The summed E-state index contributed by atoms with van der Waals surface area (Å²) in [5.74, 6) is -0.414. The molecule has 0 aliphatic heterocycles. The molecule has 2 aromatic rings. The Morgan fingerprint density at radius 2 is 2.00 bits per heavy atom. The van der Waals surface area contributed by atoms with Crippen molar-refractivity contribution in [1.82, 2.24) is 4.57 Å². The van der Waals surface area contributed by atoms with E-state index in [1.807, 2.05) is 37.3 Å². The summed E-state index contributed by atoms with van der Waals surface area (Å²) in [7, 11) is 0. The maximum Gasteiger partial charge on any atom is 0.274 e. The molecule has 0 saturated heterocycles. The fourth-order valence-electron chi connectivity index (χ4n) is 3.55. The standard InChI is InChI=1S/C20H25N3O2/c1-20(21)12-6-5-10-16(20)18(24)22-17-11-7-13-23(19(17)25)14-15-8-3-2-4-9-15/h2-4,7-9,11,13,16H,5-6,10,12,14,21H2,1H3,(H,22,24). The second-order valence-electron chi connectivity index (χ2n) is 7.13. The van der Waals surface area contributed by atoms with E-state index in [9.17, 15) is 9.59 Å². The monoisotopic (exact) mass is 339 g/mol.